The Labute approximate surface area is 91.7 Å². The van der Waals surface area contributed by atoms with Gasteiger partial charge in [-0.05, 0) is 24.7 Å². The zero-order valence-electron chi connectivity index (χ0n) is 9.71. The molecule has 0 spiro atoms. The molecular formula is C13H20O2. The predicted molar refractivity (Wildman–Crippen MR) is 60.6 cm³/mol. The summed E-state index contributed by atoms with van der Waals surface area (Å²) in [5.74, 6) is 0.349. The van der Waals surface area contributed by atoms with Gasteiger partial charge in [-0.2, -0.15) is 0 Å². The number of hydrogen-bond acceptors (Lipinski definition) is 2. The minimum atomic E-state index is 0.156. The Hall–Kier alpha value is -0.920. The van der Waals surface area contributed by atoms with Crippen molar-refractivity contribution in [2.24, 2.45) is 5.41 Å². The van der Waals surface area contributed by atoms with E-state index < -0.39 is 0 Å². The van der Waals surface area contributed by atoms with E-state index in [9.17, 15) is 9.59 Å². The van der Waals surface area contributed by atoms with Crippen molar-refractivity contribution in [1.82, 2.24) is 0 Å². The number of hydrogen-bond donors (Lipinski definition) is 0. The van der Waals surface area contributed by atoms with Gasteiger partial charge in [0.2, 0.25) is 0 Å². The average Bonchev–Trinajstić information content (AvgIpc) is 2.18. The van der Waals surface area contributed by atoms with E-state index in [4.69, 9.17) is 0 Å². The van der Waals surface area contributed by atoms with E-state index >= 15 is 0 Å². The molecule has 0 bridgehead atoms. The summed E-state index contributed by atoms with van der Waals surface area (Å²) >= 11 is 0. The summed E-state index contributed by atoms with van der Waals surface area (Å²) in [6, 6.07) is 0. The Kier molecular flexibility index (Phi) is 4.25. The lowest BCUT2D eigenvalue weighted by atomic mass is 9.75. The summed E-state index contributed by atoms with van der Waals surface area (Å²) in [5, 5.41) is 0. The van der Waals surface area contributed by atoms with Gasteiger partial charge in [-0.25, -0.2) is 0 Å². The van der Waals surface area contributed by atoms with Crippen LogP contribution in [-0.2, 0) is 9.59 Å². The van der Waals surface area contributed by atoms with Crippen molar-refractivity contribution in [3.8, 4) is 0 Å². The highest BCUT2D eigenvalue weighted by Crippen LogP contribution is 2.36. The number of rotatable bonds is 5. The molecule has 1 aliphatic carbocycles. The van der Waals surface area contributed by atoms with E-state index in [2.05, 4.69) is 19.9 Å². The van der Waals surface area contributed by atoms with Crippen LogP contribution >= 0.6 is 0 Å². The fourth-order valence-electron chi connectivity index (χ4n) is 2.12. The van der Waals surface area contributed by atoms with Gasteiger partial charge in [-0.1, -0.05) is 25.5 Å². The SMILES string of the molecule is CC(C)(CCCC=O)C1=CCC(=O)CC1. The first-order chi connectivity index (χ1) is 7.06. The smallest absolute Gasteiger partial charge is 0.136 e. The molecule has 0 unspecified atom stereocenters. The molecule has 0 saturated heterocycles. The van der Waals surface area contributed by atoms with Crippen molar-refractivity contribution in [1.29, 1.82) is 0 Å². The number of ketones is 1. The van der Waals surface area contributed by atoms with Crippen LogP contribution in [0.4, 0.5) is 0 Å². The van der Waals surface area contributed by atoms with Crippen molar-refractivity contribution in [2.45, 2.75) is 52.4 Å². The Bertz CT molecular complexity index is 274. The standard InChI is InChI=1S/C13H20O2/c1-13(2,9-3-4-10-14)11-5-7-12(15)8-6-11/h5,10H,3-4,6-9H2,1-2H3. The number of unbranched alkanes of at least 4 members (excludes halogenated alkanes) is 1. The lowest BCUT2D eigenvalue weighted by Crippen LogP contribution is -2.19. The summed E-state index contributed by atoms with van der Waals surface area (Å²) in [4.78, 5) is 21.4. The van der Waals surface area contributed by atoms with Crippen LogP contribution in [0.15, 0.2) is 11.6 Å². The third-order valence-electron chi connectivity index (χ3n) is 3.24. The van der Waals surface area contributed by atoms with Gasteiger partial charge in [0, 0.05) is 19.3 Å². The number of Topliss-reactive ketones (excluding diaryl/α,β-unsaturated/α-hetero) is 1. The summed E-state index contributed by atoms with van der Waals surface area (Å²) in [6.45, 7) is 4.42. The highest BCUT2D eigenvalue weighted by molar-refractivity contribution is 5.81. The molecule has 0 aromatic carbocycles. The molecule has 0 aliphatic heterocycles. The molecule has 0 N–H and O–H groups in total. The molecule has 15 heavy (non-hydrogen) atoms. The van der Waals surface area contributed by atoms with Crippen LogP contribution in [0, 0.1) is 5.41 Å². The van der Waals surface area contributed by atoms with E-state index in [1.54, 1.807) is 0 Å². The molecule has 0 aromatic heterocycles. The van der Waals surface area contributed by atoms with Crippen LogP contribution in [0.25, 0.3) is 0 Å². The minimum absolute atomic E-state index is 0.156. The normalized spacial score (nSPS) is 17.5. The van der Waals surface area contributed by atoms with Gasteiger partial charge in [-0.15, -0.1) is 0 Å². The van der Waals surface area contributed by atoms with Crippen LogP contribution in [0.1, 0.15) is 52.4 Å². The third-order valence-corrected chi connectivity index (χ3v) is 3.24. The Morgan fingerprint density at radius 1 is 1.40 bits per heavy atom. The van der Waals surface area contributed by atoms with Gasteiger partial charge in [0.25, 0.3) is 0 Å². The van der Waals surface area contributed by atoms with Crippen molar-refractivity contribution >= 4 is 12.1 Å². The summed E-state index contributed by atoms with van der Waals surface area (Å²) in [6.07, 6.45) is 7.91. The zero-order valence-corrected chi connectivity index (χ0v) is 9.71. The van der Waals surface area contributed by atoms with Crippen molar-refractivity contribution in [3.05, 3.63) is 11.6 Å². The summed E-state index contributed by atoms with van der Waals surface area (Å²) in [7, 11) is 0. The van der Waals surface area contributed by atoms with Crippen LogP contribution in [0.3, 0.4) is 0 Å². The molecule has 84 valence electrons. The number of carbonyl (C=O) groups is 2. The molecule has 0 heterocycles. The molecule has 0 radical (unpaired) electrons. The van der Waals surface area contributed by atoms with Gasteiger partial charge in [0.1, 0.15) is 12.1 Å². The second-order valence-corrected chi connectivity index (χ2v) is 4.91. The highest BCUT2D eigenvalue weighted by Gasteiger charge is 2.25. The minimum Gasteiger partial charge on any atom is -0.303 e. The fourth-order valence-corrected chi connectivity index (χ4v) is 2.12. The zero-order chi connectivity index (χ0) is 11.3. The lowest BCUT2D eigenvalue weighted by molar-refractivity contribution is -0.118. The van der Waals surface area contributed by atoms with E-state index in [0.717, 1.165) is 25.5 Å². The lowest BCUT2D eigenvalue weighted by Gasteiger charge is -2.30. The van der Waals surface area contributed by atoms with E-state index in [1.165, 1.54) is 5.57 Å². The number of allylic oxidation sites excluding steroid dienone is 2. The van der Waals surface area contributed by atoms with Crippen LogP contribution in [-0.4, -0.2) is 12.1 Å². The van der Waals surface area contributed by atoms with Gasteiger partial charge < -0.3 is 4.79 Å². The molecule has 1 aliphatic rings. The van der Waals surface area contributed by atoms with Gasteiger partial charge in [0.15, 0.2) is 0 Å². The molecule has 2 heteroatoms. The maximum absolute atomic E-state index is 11.1. The second-order valence-electron chi connectivity index (χ2n) is 4.91. The molecule has 0 atom stereocenters. The maximum Gasteiger partial charge on any atom is 0.136 e. The number of carbonyl (C=O) groups excluding carboxylic acids is 2. The van der Waals surface area contributed by atoms with Crippen LogP contribution in [0.2, 0.25) is 0 Å². The van der Waals surface area contributed by atoms with Crippen molar-refractivity contribution in [2.75, 3.05) is 0 Å². The second kappa shape index (κ2) is 5.24. The fraction of sp³-hybridized carbons (Fsp3) is 0.692. The van der Waals surface area contributed by atoms with Gasteiger partial charge in [-0.3, -0.25) is 4.79 Å². The quantitative estimate of drug-likeness (QED) is 0.395. The first-order valence-electron chi connectivity index (χ1n) is 5.71. The monoisotopic (exact) mass is 208 g/mol. The van der Waals surface area contributed by atoms with Crippen molar-refractivity contribution in [3.63, 3.8) is 0 Å². The van der Waals surface area contributed by atoms with E-state index in [0.29, 0.717) is 25.0 Å². The molecule has 0 fully saturated rings. The molecular weight excluding hydrogens is 188 g/mol. The predicted octanol–water partition coefficient (Wildman–Crippen LogP) is 3.06. The van der Waals surface area contributed by atoms with Crippen LogP contribution in [0.5, 0.6) is 0 Å². The molecule has 0 saturated carbocycles. The Morgan fingerprint density at radius 2 is 2.13 bits per heavy atom. The van der Waals surface area contributed by atoms with Crippen molar-refractivity contribution < 1.29 is 9.59 Å². The molecule has 0 aromatic rings. The van der Waals surface area contributed by atoms with E-state index in [-0.39, 0.29) is 5.41 Å². The molecule has 0 amide bonds. The maximum atomic E-state index is 11.1. The Morgan fingerprint density at radius 3 is 2.67 bits per heavy atom. The third kappa shape index (κ3) is 3.61. The Balaban J connectivity index is 2.52. The van der Waals surface area contributed by atoms with Gasteiger partial charge in [0.05, 0.1) is 0 Å². The van der Waals surface area contributed by atoms with E-state index in [1.807, 2.05) is 0 Å². The summed E-state index contributed by atoms with van der Waals surface area (Å²) < 4.78 is 0. The molecule has 2 nitrogen and oxygen atoms in total. The topological polar surface area (TPSA) is 34.1 Å². The first kappa shape index (κ1) is 12.2. The molecule has 1 rings (SSSR count). The largest absolute Gasteiger partial charge is 0.303 e. The first-order valence-corrected chi connectivity index (χ1v) is 5.71. The number of aldehydes is 1. The van der Waals surface area contributed by atoms with Gasteiger partial charge >= 0.3 is 0 Å². The highest BCUT2D eigenvalue weighted by atomic mass is 16.1. The van der Waals surface area contributed by atoms with Crippen LogP contribution < -0.4 is 0 Å². The summed E-state index contributed by atoms with van der Waals surface area (Å²) in [5.41, 5.74) is 1.55. The average molecular weight is 208 g/mol.